The van der Waals surface area contributed by atoms with Gasteiger partial charge in [0.05, 0.1) is 10.1 Å². The number of allylic oxidation sites excluding steroid dienone is 4. The first-order valence-electron chi connectivity index (χ1n) is 4.67. The molecular formula is C11H10Cl2N2O2. The molecule has 0 aliphatic rings. The molecule has 90 valence electrons. The topological polar surface area (TPSA) is 58.9 Å². The number of nitro groups is 1. The molecule has 1 N–H and O–H groups in total. The maximum Gasteiger partial charge on any atom is 0.239 e. The number of hydrogen-bond donors (Lipinski definition) is 1. The van der Waals surface area contributed by atoms with E-state index in [2.05, 4.69) is 11.6 Å². The van der Waals surface area contributed by atoms with Crippen LogP contribution in [0.4, 0.5) is 0 Å². The lowest BCUT2D eigenvalue weighted by Crippen LogP contribution is -1.99. The van der Waals surface area contributed by atoms with E-state index in [9.17, 15) is 10.1 Å². The molecule has 1 heterocycles. The fourth-order valence-electron chi connectivity index (χ4n) is 1.13. The van der Waals surface area contributed by atoms with E-state index in [-0.39, 0.29) is 11.6 Å². The van der Waals surface area contributed by atoms with Gasteiger partial charge in [0.25, 0.3) is 0 Å². The first-order chi connectivity index (χ1) is 8.00. The summed E-state index contributed by atoms with van der Waals surface area (Å²) in [4.78, 5) is 12.5. The normalized spacial score (nSPS) is 12.0. The van der Waals surface area contributed by atoms with Crippen molar-refractivity contribution in [2.24, 2.45) is 0 Å². The van der Waals surface area contributed by atoms with Crippen LogP contribution in [0.5, 0.6) is 0 Å². The van der Waals surface area contributed by atoms with E-state index in [1.165, 1.54) is 6.08 Å². The molecule has 0 saturated carbocycles. The highest BCUT2D eigenvalue weighted by atomic mass is 35.5. The van der Waals surface area contributed by atoms with Gasteiger partial charge >= 0.3 is 0 Å². The van der Waals surface area contributed by atoms with Crippen molar-refractivity contribution in [3.8, 4) is 0 Å². The van der Waals surface area contributed by atoms with Gasteiger partial charge in [-0.3, -0.25) is 10.1 Å². The molecule has 0 aromatic carbocycles. The van der Waals surface area contributed by atoms with E-state index < -0.39 is 4.92 Å². The number of rotatable bonds is 5. The van der Waals surface area contributed by atoms with Crippen LogP contribution >= 0.6 is 23.2 Å². The van der Waals surface area contributed by atoms with Crippen LogP contribution in [0, 0.1) is 10.1 Å². The third-order valence-electron chi connectivity index (χ3n) is 1.90. The molecule has 1 aromatic rings. The summed E-state index contributed by atoms with van der Waals surface area (Å²) >= 11 is 11.5. The average molecular weight is 273 g/mol. The standard InChI is InChI=1S/C11H10Cl2N2O2/c1-8(10-5-14-6-11(10)13)3-2-4-9(12)7-15(16)17/h2-6,14H,1,7H2/b3-2-,9-4+. The lowest BCUT2D eigenvalue weighted by Gasteiger charge is -1.95. The Morgan fingerprint density at radius 3 is 2.82 bits per heavy atom. The van der Waals surface area contributed by atoms with E-state index in [0.717, 1.165) is 5.56 Å². The molecule has 0 spiro atoms. The summed E-state index contributed by atoms with van der Waals surface area (Å²) in [5, 5.41) is 10.9. The van der Waals surface area contributed by atoms with Crippen LogP contribution in [0.3, 0.4) is 0 Å². The number of H-pyrrole nitrogens is 1. The molecule has 0 aliphatic heterocycles. The predicted molar refractivity (Wildman–Crippen MR) is 69.8 cm³/mol. The van der Waals surface area contributed by atoms with E-state index in [0.29, 0.717) is 10.6 Å². The van der Waals surface area contributed by atoms with Gasteiger partial charge < -0.3 is 4.98 Å². The number of hydrogen-bond acceptors (Lipinski definition) is 2. The lowest BCUT2D eigenvalue weighted by molar-refractivity contribution is -0.469. The average Bonchev–Trinajstić information content (AvgIpc) is 2.63. The molecular weight excluding hydrogens is 263 g/mol. The molecule has 17 heavy (non-hydrogen) atoms. The van der Waals surface area contributed by atoms with E-state index in [4.69, 9.17) is 23.2 Å². The van der Waals surface area contributed by atoms with Gasteiger partial charge in [-0.15, -0.1) is 0 Å². The minimum absolute atomic E-state index is 0.152. The summed E-state index contributed by atoms with van der Waals surface area (Å²) < 4.78 is 0. The van der Waals surface area contributed by atoms with Crippen molar-refractivity contribution in [3.63, 3.8) is 0 Å². The molecule has 0 amide bonds. The Bertz CT molecular complexity index is 489. The second-order valence-electron chi connectivity index (χ2n) is 3.21. The van der Waals surface area contributed by atoms with E-state index in [1.807, 2.05) is 0 Å². The zero-order valence-corrected chi connectivity index (χ0v) is 10.3. The van der Waals surface area contributed by atoms with Crippen LogP contribution < -0.4 is 0 Å². The Morgan fingerprint density at radius 1 is 1.59 bits per heavy atom. The van der Waals surface area contributed by atoms with Crippen molar-refractivity contribution in [3.05, 3.63) is 62.9 Å². The van der Waals surface area contributed by atoms with Crippen molar-refractivity contribution in [1.29, 1.82) is 0 Å². The molecule has 6 heteroatoms. The monoisotopic (exact) mass is 272 g/mol. The maximum absolute atomic E-state index is 10.2. The Hall–Kier alpha value is -1.52. The van der Waals surface area contributed by atoms with Gasteiger partial charge in [0, 0.05) is 22.9 Å². The highest BCUT2D eigenvalue weighted by molar-refractivity contribution is 6.32. The van der Waals surface area contributed by atoms with Gasteiger partial charge in [-0.1, -0.05) is 41.9 Å². The summed E-state index contributed by atoms with van der Waals surface area (Å²) in [7, 11) is 0. The molecule has 0 atom stereocenters. The van der Waals surface area contributed by atoms with Crippen molar-refractivity contribution >= 4 is 28.8 Å². The van der Waals surface area contributed by atoms with Crippen LogP contribution in [0.25, 0.3) is 5.57 Å². The summed E-state index contributed by atoms with van der Waals surface area (Å²) in [5.41, 5.74) is 1.47. The molecule has 0 aliphatic carbocycles. The smallest absolute Gasteiger partial charge is 0.239 e. The van der Waals surface area contributed by atoms with Crippen molar-refractivity contribution in [2.75, 3.05) is 6.54 Å². The van der Waals surface area contributed by atoms with E-state index in [1.54, 1.807) is 24.5 Å². The maximum atomic E-state index is 10.2. The Balaban J connectivity index is 2.64. The fraction of sp³-hybridized carbons (Fsp3) is 0.0909. The molecule has 0 radical (unpaired) electrons. The van der Waals surface area contributed by atoms with E-state index >= 15 is 0 Å². The van der Waals surface area contributed by atoms with Crippen LogP contribution in [0.2, 0.25) is 5.02 Å². The van der Waals surface area contributed by atoms with Crippen LogP contribution in [-0.2, 0) is 0 Å². The molecule has 0 fully saturated rings. The zero-order valence-electron chi connectivity index (χ0n) is 8.82. The predicted octanol–water partition coefficient (Wildman–Crippen LogP) is 3.64. The second-order valence-corrected chi connectivity index (χ2v) is 4.10. The number of nitrogens with zero attached hydrogens (tertiary/aromatic N) is 1. The molecule has 0 bridgehead atoms. The third kappa shape index (κ3) is 4.46. The SMILES string of the molecule is C=C(/C=C\C=C(\Cl)C[N+](=O)[O-])c1c[nH]cc1Cl. The Labute approximate surface area is 108 Å². The number of aromatic amines is 1. The molecule has 4 nitrogen and oxygen atoms in total. The van der Waals surface area contributed by atoms with Crippen LogP contribution in [0.1, 0.15) is 5.56 Å². The Kier molecular flexibility index (Phi) is 5.00. The zero-order chi connectivity index (χ0) is 12.8. The first-order valence-corrected chi connectivity index (χ1v) is 5.42. The highest BCUT2D eigenvalue weighted by Crippen LogP contribution is 2.22. The number of halogens is 2. The minimum atomic E-state index is -0.496. The molecule has 1 aromatic heterocycles. The van der Waals surface area contributed by atoms with Gasteiger partial charge in [0.1, 0.15) is 0 Å². The van der Waals surface area contributed by atoms with Gasteiger partial charge in [0.2, 0.25) is 6.54 Å². The fourth-order valence-corrected chi connectivity index (χ4v) is 1.53. The summed E-state index contributed by atoms with van der Waals surface area (Å²) in [6.45, 7) is 3.43. The van der Waals surface area contributed by atoms with Crippen LogP contribution in [-0.4, -0.2) is 16.5 Å². The highest BCUT2D eigenvalue weighted by Gasteiger charge is 2.02. The molecule has 0 unspecified atom stereocenters. The van der Waals surface area contributed by atoms with Crippen LogP contribution in [0.15, 0.2) is 42.2 Å². The van der Waals surface area contributed by atoms with Gasteiger partial charge in [-0.25, -0.2) is 0 Å². The summed E-state index contributed by atoms with van der Waals surface area (Å²) in [6.07, 6.45) is 8.09. The molecule has 0 saturated heterocycles. The summed E-state index contributed by atoms with van der Waals surface area (Å²) in [6, 6.07) is 0. The van der Waals surface area contributed by atoms with Gasteiger partial charge in [0.15, 0.2) is 0 Å². The minimum Gasteiger partial charge on any atom is -0.366 e. The number of nitrogens with one attached hydrogen (secondary N) is 1. The second kappa shape index (κ2) is 6.27. The van der Waals surface area contributed by atoms with Gasteiger partial charge in [-0.05, 0) is 11.6 Å². The van der Waals surface area contributed by atoms with Crippen molar-refractivity contribution in [2.45, 2.75) is 0 Å². The van der Waals surface area contributed by atoms with Crippen molar-refractivity contribution < 1.29 is 4.92 Å². The lowest BCUT2D eigenvalue weighted by atomic mass is 10.1. The number of aromatic nitrogens is 1. The first kappa shape index (κ1) is 13.5. The Morgan fingerprint density at radius 2 is 2.29 bits per heavy atom. The van der Waals surface area contributed by atoms with Gasteiger partial charge in [-0.2, -0.15) is 0 Å². The summed E-state index contributed by atoms with van der Waals surface area (Å²) in [5.74, 6) is 0. The third-order valence-corrected chi connectivity index (χ3v) is 2.45. The quantitative estimate of drug-likeness (QED) is 0.506. The molecule has 1 rings (SSSR count). The largest absolute Gasteiger partial charge is 0.366 e. The van der Waals surface area contributed by atoms with Crippen molar-refractivity contribution in [1.82, 2.24) is 4.98 Å².